The minimum absolute atomic E-state index is 0.131. The molecule has 0 radical (unpaired) electrons. The third-order valence-electron chi connectivity index (χ3n) is 6.45. The van der Waals surface area contributed by atoms with E-state index in [1.54, 1.807) is 0 Å². The average molecular weight is 379 g/mol. The lowest BCUT2D eigenvalue weighted by atomic mass is 9.89. The number of carbonyl (C=O) groups is 1. The zero-order chi connectivity index (χ0) is 20.0. The molecule has 0 aromatic carbocycles. The van der Waals surface area contributed by atoms with Gasteiger partial charge in [-0.1, -0.05) is 51.0 Å². The Morgan fingerprint density at radius 2 is 1.96 bits per heavy atom. The van der Waals surface area contributed by atoms with Crippen LogP contribution in [0.4, 0.5) is 0 Å². The summed E-state index contributed by atoms with van der Waals surface area (Å²) in [5.74, 6) is 1.28. The molecule has 0 aromatic rings. The molecule has 2 fully saturated rings. The molecular formula is C23H38O4. The summed E-state index contributed by atoms with van der Waals surface area (Å²) in [6.07, 6.45) is 12.2. The van der Waals surface area contributed by atoms with Gasteiger partial charge in [0.1, 0.15) is 0 Å². The Morgan fingerprint density at radius 3 is 2.63 bits per heavy atom. The van der Waals surface area contributed by atoms with E-state index in [1.807, 2.05) is 6.08 Å². The van der Waals surface area contributed by atoms with Crippen molar-refractivity contribution in [2.24, 2.45) is 29.6 Å². The van der Waals surface area contributed by atoms with E-state index in [2.05, 4.69) is 32.9 Å². The highest BCUT2D eigenvalue weighted by Crippen LogP contribution is 2.50. The monoisotopic (exact) mass is 378 g/mol. The average Bonchev–Trinajstić information content (AvgIpc) is 3.10. The van der Waals surface area contributed by atoms with E-state index in [9.17, 15) is 15.0 Å². The van der Waals surface area contributed by atoms with Gasteiger partial charge in [-0.25, -0.2) is 0 Å². The van der Waals surface area contributed by atoms with Gasteiger partial charge in [-0.2, -0.15) is 0 Å². The minimum atomic E-state index is -0.730. The summed E-state index contributed by atoms with van der Waals surface area (Å²) in [6.45, 7) is 6.51. The number of aliphatic hydroxyl groups excluding tert-OH is 2. The number of aliphatic hydroxyl groups is 2. The molecule has 154 valence electrons. The first-order chi connectivity index (χ1) is 12.8. The summed E-state index contributed by atoms with van der Waals surface area (Å²) < 4.78 is 0. The summed E-state index contributed by atoms with van der Waals surface area (Å²) in [5.41, 5.74) is 1.42. The molecule has 1 unspecified atom stereocenters. The van der Waals surface area contributed by atoms with E-state index in [4.69, 9.17) is 5.11 Å². The van der Waals surface area contributed by atoms with Crippen molar-refractivity contribution in [2.45, 2.75) is 84.3 Å². The fourth-order valence-corrected chi connectivity index (χ4v) is 4.70. The summed E-state index contributed by atoms with van der Waals surface area (Å²) in [5, 5.41) is 29.6. The highest BCUT2D eigenvalue weighted by atomic mass is 16.4. The van der Waals surface area contributed by atoms with Crippen molar-refractivity contribution >= 4 is 5.97 Å². The van der Waals surface area contributed by atoms with Crippen LogP contribution in [-0.4, -0.2) is 33.5 Å². The zero-order valence-electron chi connectivity index (χ0n) is 17.2. The molecule has 27 heavy (non-hydrogen) atoms. The largest absolute Gasteiger partial charge is 0.481 e. The molecule has 3 N–H and O–H groups in total. The Balaban J connectivity index is 1.86. The highest BCUT2D eigenvalue weighted by Gasteiger charge is 2.44. The summed E-state index contributed by atoms with van der Waals surface area (Å²) in [4.78, 5) is 10.6. The normalized spacial score (nSPS) is 31.7. The lowest BCUT2D eigenvalue weighted by molar-refractivity contribution is -0.137. The number of hydrogen-bond donors (Lipinski definition) is 3. The van der Waals surface area contributed by atoms with Crippen LogP contribution in [0.2, 0.25) is 0 Å². The summed E-state index contributed by atoms with van der Waals surface area (Å²) in [7, 11) is 0. The molecule has 0 bridgehead atoms. The van der Waals surface area contributed by atoms with Crippen LogP contribution in [0.3, 0.4) is 0 Å². The maximum Gasteiger partial charge on any atom is 0.303 e. The molecule has 2 rings (SSSR count). The van der Waals surface area contributed by atoms with Gasteiger partial charge in [0.15, 0.2) is 0 Å². The number of carboxylic acids is 1. The van der Waals surface area contributed by atoms with E-state index in [0.717, 1.165) is 38.5 Å². The predicted octanol–water partition coefficient (Wildman–Crippen LogP) is 4.56. The molecule has 0 saturated heterocycles. The first kappa shape index (κ1) is 22.2. The van der Waals surface area contributed by atoms with E-state index >= 15 is 0 Å². The van der Waals surface area contributed by atoms with E-state index < -0.39 is 12.1 Å². The first-order valence-corrected chi connectivity index (χ1v) is 10.7. The van der Waals surface area contributed by atoms with E-state index in [0.29, 0.717) is 24.2 Å². The minimum Gasteiger partial charge on any atom is -0.481 e. The van der Waals surface area contributed by atoms with Crippen LogP contribution in [0.1, 0.15) is 72.1 Å². The van der Waals surface area contributed by atoms with Crippen LogP contribution in [0.15, 0.2) is 23.8 Å². The second-order valence-electron chi connectivity index (χ2n) is 9.18. The Kier molecular flexibility index (Phi) is 8.56. The van der Waals surface area contributed by atoms with Crippen molar-refractivity contribution in [1.29, 1.82) is 0 Å². The maximum absolute atomic E-state index is 10.6. The molecule has 2 aliphatic rings. The van der Waals surface area contributed by atoms with Crippen LogP contribution in [0.25, 0.3) is 0 Å². The smallest absolute Gasteiger partial charge is 0.303 e. The Hall–Kier alpha value is -1.13. The maximum atomic E-state index is 10.6. The Bertz CT molecular complexity index is 536. The lowest BCUT2D eigenvalue weighted by Crippen LogP contribution is -2.20. The second kappa shape index (κ2) is 10.4. The molecule has 2 saturated carbocycles. The molecule has 6 atom stereocenters. The fourth-order valence-electron chi connectivity index (χ4n) is 4.70. The van der Waals surface area contributed by atoms with Gasteiger partial charge in [-0.05, 0) is 62.2 Å². The molecule has 0 spiro atoms. The van der Waals surface area contributed by atoms with Crippen LogP contribution in [0, 0.1) is 29.6 Å². The van der Waals surface area contributed by atoms with E-state index in [-0.39, 0.29) is 24.4 Å². The van der Waals surface area contributed by atoms with Gasteiger partial charge in [0.25, 0.3) is 0 Å². The number of aliphatic carboxylic acids is 1. The number of allylic oxidation sites excluding steroid dienone is 2. The van der Waals surface area contributed by atoms with Gasteiger partial charge in [0.2, 0.25) is 0 Å². The van der Waals surface area contributed by atoms with Gasteiger partial charge in [0.05, 0.1) is 12.2 Å². The van der Waals surface area contributed by atoms with Crippen molar-refractivity contribution in [3.8, 4) is 0 Å². The lowest BCUT2D eigenvalue weighted by Gasteiger charge is -2.20. The molecule has 4 heteroatoms. The van der Waals surface area contributed by atoms with Crippen molar-refractivity contribution in [3.05, 3.63) is 23.8 Å². The number of fused-ring (bicyclic) bond motifs is 1. The zero-order valence-corrected chi connectivity index (χ0v) is 17.2. The second-order valence-corrected chi connectivity index (χ2v) is 9.18. The summed E-state index contributed by atoms with van der Waals surface area (Å²) in [6, 6.07) is 0. The number of carboxylic acid groups (broad SMARTS) is 1. The SMILES string of the molecule is CC(C)CCC(C)[C@@H](O)C=C[C@@H]1[C@H]2CC(=CCCCC(=O)O)C[C@@H]2C[C@H]1O. The molecular weight excluding hydrogens is 340 g/mol. The van der Waals surface area contributed by atoms with Gasteiger partial charge in [-0.15, -0.1) is 0 Å². The van der Waals surface area contributed by atoms with Crippen molar-refractivity contribution in [2.75, 3.05) is 0 Å². The topological polar surface area (TPSA) is 77.8 Å². The molecule has 4 nitrogen and oxygen atoms in total. The molecule has 0 aliphatic heterocycles. The number of hydrogen-bond acceptors (Lipinski definition) is 3. The molecule has 0 amide bonds. The van der Waals surface area contributed by atoms with Crippen molar-refractivity contribution in [3.63, 3.8) is 0 Å². The predicted molar refractivity (Wildman–Crippen MR) is 108 cm³/mol. The fraction of sp³-hybridized carbons (Fsp3) is 0.783. The van der Waals surface area contributed by atoms with Crippen LogP contribution in [-0.2, 0) is 4.79 Å². The van der Waals surface area contributed by atoms with Crippen molar-refractivity contribution < 1.29 is 20.1 Å². The Labute approximate surface area is 164 Å². The molecule has 0 aromatic heterocycles. The number of rotatable bonds is 10. The highest BCUT2D eigenvalue weighted by molar-refractivity contribution is 5.66. The third kappa shape index (κ3) is 6.76. The van der Waals surface area contributed by atoms with Crippen LogP contribution in [0.5, 0.6) is 0 Å². The quantitative estimate of drug-likeness (QED) is 0.384. The van der Waals surface area contributed by atoms with Gasteiger partial charge < -0.3 is 15.3 Å². The Morgan fingerprint density at radius 1 is 1.22 bits per heavy atom. The van der Waals surface area contributed by atoms with E-state index in [1.165, 1.54) is 5.57 Å². The van der Waals surface area contributed by atoms with Gasteiger partial charge in [-0.3, -0.25) is 4.79 Å². The van der Waals surface area contributed by atoms with Crippen LogP contribution >= 0.6 is 0 Å². The molecule has 2 aliphatic carbocycles. The van der Waals surface area contributed by atoms with Gasteiger partial charge in [0, 0.05) is 12.3 Å². The third-order valence-corrected chi connectivity index (χ3v) is 6.45. The summed E-state index contributed by atoms with van der Waals surface area (Å²) >= 11 is 0. The standard InChI is InChI=1S/C23H38O4/c1-15(2)8-9-16(3)21(24)11-10-19-20-13-17(6-4-5-7-23(26)27)12-18(20)14-22(19)25/h6,10-11,15-16,18-22,24-25H,4-5,7-9,12-14H2,1-3H3,(H,26,27)/t16?,18-,19-,20+,21+,22-/m1/s1. The first-order valence-electron chi connectivity index (χ1n) is 10.7. The molecule has 0 heterocycles. The van der Waals surface area contributed by atoms with Crippen LogP contribution < -0.4 is 0 Å². The number of unbranched alkanes of at least 4 members (excludes halogenated alkanes) is 1. The van der Waals surface area contributed by atoms with Gasteiger partial charge >= 0.3 is 5.97 Å². The van der Waals surface area contributed by atoms with Crippen molar-refractivity contribution in [1.82, 2.24) is 0 Å².